The SMILES string of the molecule is O=C(/C=C/c1ccco1)Nc1ccccc1-c1cn2c(n1)SCC2. The summed E-state index contributed by atoms with van der Waals surface area (Å²) < 4.78 is 7.33. The molecule has 1 amide bonds. The molecule has 0 atom stereocenters. The minimum Gasteiger partial charge on any atom is -0.465 e. The van der Waals surface area contributed by atoms with Crippen molar-refractivity contribution in [1.82, 2.24) is 9.55 Å². The van der Waals surface area contributed by atoms with E-state index in [4.69, 9.17) is 4.42 Å². The largest absolute Gasteiger partial charge is 0.465 e. The number of carbonyl (C=O) groups excluding carboxylic acids is 1. The minimum absolute atomic E-state index is 0.208. The Balaban J connectivity index is 1.56. The lowest BCUT2D eigenvalue weighted by Crippen LogP contribution is -2.08. The fourth-order valence-electron chi connectivity index (χ4n) is 2.57. The highest BCUT2D eigenvalue weighted by molar-refractivity contribution is 7.99. The van der Waals surface area contributed by atoms with Crippen molar-refractivity contribution in [2.75, 3.05) is 11.1 Å². The van der Waals surface area contributed by atoms with Crippen molar-refractivity contribution in [2.24, 2.45) is 0 Å². The number of hydrogen-bond acceptors (Lipinski definition) is 4. The lowest BCUT2D eigenvalue weighted by molar-refractivity contribution is -0.111. The topological polar surface area (TPSA) is 60.1 Å². The molecule has 0 spiro atoms. The van der Waals surface area contributed by atoms with Crippen LogP contribution in [0.25, 0.3) is 17.3 Å². The van der Waals surface area contributed by atoms with Gasteiger partial charge in [-0.3, -0.25) is 4.79 Å². The normalized spacial score (nSPS) is 13.3. The molecule has 0 aliphatic carbocycles. The van der Waals surface area contributed by atoms with Crippen LogP contribution < -0.4 is 5.32 Å². The van der Waals surface area contributed by atoms with E-state index in [1.807, 2.05) is 30.5 Å². The number of aryl methyl sites for hydroxylation is 1. The van der Waals surface area contributed by atoms with E-state index >= 15 is 0 Å². The van der Waals surface area contributed by atoms with Crippen LogP contribution in [0.4, 0.5) is 5.69 Å². The van der Waals surface area contributed by atoms with E-state index < -0.39 is 0 Å². The summed E-state index contributed by atoms with van der Waals surface area (Å²) in [7, 11) is 0. The molecule has 0 unspecified atom stereocenters. The predicted molar refractivity (Wildman–Crippen MR) is 94.8 cm³/mol. The van der Waals surface area contributed by atoms with Gasteiger partial charge in [-0.1, -0.05) is 30.0 Å². The minimum atomic E-state index is -0.208. The summed E-state index contributed by atoms with van der Waals surface area (Å²) in [6.07, 6.45) is 6.71. The van der Waals surface area contributed by atoms with Crippen molar-refractivity contribution in [3.05, 3.63) is 60.7 Å². The predicted octanol–water partition coefficient (Wildman–Crippen LogP) is 3.90. The number of imidazole rings is 1. The monoisotopic (exact) mass is 337 g/mol. The van der Waals surface area contributed by atoms with Crippen molar-refractivity contribution in [2.45, 2.75) is 11.7 Å². The van der Waals surface area contributed by atoms with Crippen molar-refractivity contribution in [1.29, 1.82) is 0 Å². The number of aromatic nitrogens is 2. The van der Waals surface area contributed by atoms with Gasteiger partial charge in [0.25, 0.3) is 0 Å². The van der Waals surface area contributed by atoms with E-state index in [1.54, 1.807) is 36.2 Å². The van der Waals surface area contributed by atoms with E-state index in [0.29, 0.717) is 5.76 Å². The zero-order chi connectivity index (χ0) is 16.4. The average molecular weight is 337 g/mol. The smallest absolute Gasteiger partial charge is 0.248 e. The Morgan fingerprint density at radius 3 is 3.04 bits per heavy atom. The number of nitrogens with one attached hydrogen (secondary N) is 1. The van der Waals surface area contributed by atoms with Crippen LogP contribution in [-0.4, -0.2) is 21.2 Å². The molecule has 0 saturated carbocycles. The summed E-state index contributed by atoms with van der Waals surface area (Å²) in [4.78, 5) is 16.8. The molecule has 0 bridgehead atoms. The summed E-state index contributed by atoms with van der Waals surface area (Å²) in [6, 6.07) is 11.3. The second-order valence-electron chi connectivity index (χ2n) is 5.33. The zero-order valence-electron chi connectivity index (χ0n) is 12.8. The molecule has 1 aromatic carbocycles. The molecular formula is C18H15N3O2S. The van der Waals surface area contributed by atoms with Crippen molar-refractivity contribution in [3.8, 4) is 11.3 Å². The van der Waals surface area contributed by atoms with Crippen LogP contribution in [0.3, 0.4) is 0 Å². The van der Waals surface area contributed by atoms with Gasteiger partial charge in [-0.05, 0) is 24.3 Å². The second-order valence-corrected chi connectivity index (χ2v) is 6.40. The first-order valence-electron chi connectivity index (χ1n) is 7.61. The van der Waals surface area contributed by atoms with Crippen LogP contribution in [0.15, 0.2) is 64.5 Å². The van der Waals surface area contributed by atoms with Crippen molar-refractivity contribution >= 4 is 29.4 Å². The van der Waals surface area contributed by atoms with Crippen LogP contribution >= 0.6 is 11.8 Å². The Hall–Kier alpha value is -2.73. The molecule has 120 valence electrons. The molecule has 1 aliphatic heterocycles. The lowest BCUT2D eigenvalue weighted by Gasteiger charge is -2.07. The first-order chi connectivity index (χ1) is 11.8. The maximum atomic E-state index is 12.2. The molecule has 1 aliphatic rings. The van der Waals surface area contributed by atoms with Crippen LogP contribution in [0.1, 0.15) is 5.76 Å². The molecule has 6 heteroatoms. The molecule has 5 nitrogen and oxygen atoms in total. The van der Waals surface area contributed by atoms with Crippen LogP contribution in [0.2, 0.25) is 0 Å². The Morgan fingerprint density at radius 2 is 2.21 bits per heavy atom. The summed E-state index contributed by atoms with van der Waals surface area (Å²) in [5.41, 5.74) is 2.54. The van der Waals surface area contributed by atoms with E-state index in [0.717, 1.165) is 34.4 Å². The number of para-hydroxylation sites is 1. The third-order valence-electron chi connectivity index (χ3n) is 3.71. The first kappa shape index (κ1) is 14.8. The van der Waals surface area contributed by atoms with Crippen LogP contribution in [-0.2, 0) is 11.3 Å². The quantitative estimate of drug-likeness (QED) is 0.734. The van der Waals surface area contributed by atoms with Gasteiger partial charge in [0.15, 0.2) is 5.16 Å². The number of thioether (sulfide) groups is 1. The molecule has 4 rings (SSSR count). The Morgan fingerprint density at radius 1 is 1.29 bits per heavy atom. The van der Waals surface area contributed by atoms with Crippen molar-refractivity contribution in [3.63, 3.8) is 0 Å². The second kappa shape index (κ2) is 6.41. The molecule has 0 saturated heterocycles. The molecule has 3 aromatic rings. The molecule has 1 N–H and O–H groups in total. The van der Waals surface area contributed by atoms with Gasteiger partial charge in [-0.15, -0.1) is 0 Å². The Bertz CT molecular complexity index is 875. The summed E-state index contributed by atoms with van der Waals surface area (Å²) in [6.45, 7) is 0.980. The first-order valence-corrected chi connectivity index (χ1v) is 8.60. The van der Waals surface area contributed by atoms with E-state index in [9.17, 15) is 4.79 Å². The van der Waals surface area contributed by atoms with E-state index in [2.05, 4.69) is 14.9 Å². The summed E-state index contributed by atoms with van der Waals surface area (Å²) in [5, 5.41) is 3.94. The third kappa shape index (κ3) is 3.00. The maximum absolute atomic E-state index is 12.2. The van der Waals surface area contributed by atoms with Crippen LogP contribution in [0, 0.1) is 0 Å². The van der Waals surface area contributed by atoms with E-state index in [-0.39, 0.29) is 5.91 Å². The number of amides is 1. The Labute approximate surface area is 143 Å². The fourth-order valence-corrected chi connectivity index (χ4v) is 3.52. The number of benzene rings is 1. The highest BCUT2D eigenvalue weighted by Gasteiger charge is 2.17. The van der Waals surface area contributed by atoms with Gasteiger partial charge in [-0.25, -0.2) is 4.98 Å². The van der Waals surface area contributed by atoms with Gasteiger partial charge in [0.05, 0.1) is 17.6 Å². The summed E-state index contributed by atoms with van der Waals surface area (Å²) >= 11 is 1.75. The van der Waals surface area contributed by atoms with Crippen LogP contribution in [0.5, 0.6) is 0 Å². The number of fused-ring (bicyclic) bond motifs is 1. The molecule has 24 heavy (non-hydrogen) atoms. The molecule has 0 radical (unpaired) electrons. The number of rotatable bonds is 4. The van der Waals surface area contributed by atoms with Gasteiger partial charge in [0.2, 0.25) is 5.91 Å². The lowest BCUT2D eigenvalue weighted by atomic mass is 10.1. The van der Waals surface area contributed by atoms with Crippen molar-refractivity contribution < 1.29 is 9.21 Å². The van der Waals surface area contributed by atoms with Gasteiger partial charge in [-0.2, -0.15) is 0 Å². The number of hydrogen-bond donors (Lipinski definition) is 1. The van der Waals surface area contributed by atoms with Gasteiger partial charge >= 0.3 is 0 Å². The number of anilines is 1. The molecule has 3 heterocycles. The standard InChI is InChI=1S/C18H15N3O2S/c22-17(8-7-13-4-3-10-23-13)19-15-6-2-1-5-14(15)16-12-21-9-11-24-18(21)20-16/h1-8,10,12H,9,11H2,(H,19,22)/b8-7+. The maximum Gasteiger partial charge on any atom is 0.248 e. The highest BCUT2D eigenvalue weighted by atomic mass is 32.2. The third-order valence-corrected chi connectivity index (χ3v) is 4.68. The van der Waals surface area contributed by atoms with Gasteiger partial charge < -0.3 is 14.3 Å². The Kier molecular flexibility index (Phi) is 3.96. The zero-order valence-corrected chi connectivity index (χ0v) is 13.6. The fraction of sp³-hybridized carbons (Fsp3) is 0.111. The highest BCUT2D eigenvalue weighted by Crippen LogP contribution is 2.32. The molecule has 0 fully saturated rings. The number of nitrogens with zero attached hydrogens (tertiary/aromatic N) is 2. The number of carbonyl (C=O) groups is 1. The van der Waals surface area contributed by atoms with Gasteiger partial charge in [0, 0.05) is 30.1 Å². The molecular weight excluding hydrogens is 322 g/mol. The van der Waals surface area contributed by atoms with Gasteiger partial charge in [0.1, 0.15) is 5.76 Å². The number of furan rings is 1. The average Bonchev–Trinajstić information content (AvgIpc) is 3.30. The molecule has 2 aromatic heterocycles. The summed E-state index contributed by atoms with van der Waals surface area (Å²) in [5.74, 6) is 1.50. The van der Waals surface area contributed by atoms with E-state index in [1.165, 1.54) is 6.08 Å².